The van der Waals surface area contributed by atoms with Crippen LogP contribution in [0.5, 0.6) is 11.5 Å². The van der Waals surface area contributed by atoms with Crippen molar-refractivity contribution in [2.75, 3.05) is 13.2 Å². The average molecular weight is 362 g/mol. The number of fused-ring (bicyclic) bond motifs is 1. The number of nitrogens with two attached hydrogens (primary N) is 1. The zero-order valence-corrected chi connectivity index (χ0v) is 14.7. The maximum atomic E-state index is 12.0. The fourth-order valence-corrected chi connectivity index (χ4v) is 2.30. The lowest BCUT2D eigenvalue weighted by molar-refractivity contribution is -0.153. The van der Waals surface area contributed by atoms with Crippen LogP contribution in [0.25, 0.3) is 6.08 Å². The van der Waals surface area contributed by atoms with Gasteiger partial charge < -0.3 is 19.9 Å². The van der Waals surface area contributed by atoms with Crippen molar-refractivity contribution >= 4 is 24.0 Å². The molecule has 0 spiro atoms. The van der Waals surface area contributed by atoms with Crippen LogP contribution in [0.15, 0.2) is 24.3 Å². The molecule has 0 aliphatic carbocycles. The van der Waals surface area contributed by atoms with Crippen molar-refractivity contribution in [3.05, 3.63) is 29.8 Å². The summed E-state index contributed by atoms with van der Waals surface area (Å²) in [5.41, 5.74) is 5.63. The van der Waals surface area contributed by atoms with E-state index < -0.39 is 24.0 Å². The molecule has 0 radical (unpaired) electrons. The molecule has 0 bridgehead atoms. The number of hydrogen-bond acceptors (Lipinski definition) is 6. The highest BCUT2D eigenvalue weighted by molar-refractivity contribution is 5.97. The molecular weight excluding hydrogens is 340 g/mol. The van der Waals surface area contributed by atoms with Gasteiger partial charge in [0, 0.05) is 12.5 Å². The summed E-state index contributed by atoms with van der Waals surface area (Å²) in [6.07, 6.45) is 2.42. The van der Waals surface area contributed by atoms with E-state index in [1.807, 2.05) is 5.32 Å². The Balaban J connectivity index is 2.02. The Morgan fingerprint density at radius 3 is 2.54 bits per heavy atom. The summed E-state index contributed by atoms with van der Waals surface area (Å²) in [6, 6.07) is 4.30. The van der Waals surface area contributed by atoms with Crippen molar-refractivity contribution in [1.82, 2.24) is 5.32 Å². The van der Waals surface area contributed by atoms with E-state index >= 15 is 0 Å². The Labute approximate surface area is 151 Å². The van der Waals surface area contributed by atoms with Crippen molar-refractivity contribution in [1.29, 1.82) is 0 Å². The minimum absolute atomic E-state index is 0.329. The Morgan fingerprint density at radius 1 is 1.19 bits per heavy atom. The highest BCUT2D eigenvalue weighted by Crippen LogP contribution is 2.30. The number of primary amides is 1. The minimum Gasteiger partial charge on any atom is -0.490 e. The lowest BCUT2D eigenvalue weighted by Gasteiger charge is -2.18. The standard InChI is InChI=1S/C18H22N2O6/c1-11(2)16(17(22)20-18(19)23)26-15(21)7-5-12-4-6-13-14(10-12)25-9-3-8-24-13/h4-7,10-11,16H,3,8-9H2,1-2H3,(H3,19,20,22,23)/b7-5+/t16-/m0/s1. The Bertz CT molecular complexity index is 714. The van der Waals surface area contributed by atoms with Crippen LogP contribution in [0, 0.1) is 5.92 Å². The summed E-state index contributed by atoms with van der Waals surface area (Å²) in [4.78, 5) is 34.6. The van der Waals surface area contributed by atoms with Gasteiger partial charge in [-0.05, 0) is 29.7 Å². The fourth-order valence-electron chi connectivity index (χ4n) is 2.30. The molecule has 1 heterocycles. The first kappa shape index (κ1) is 19.3. The van der Waals surface area contributed by atoms with Gasteiger partial charge >= 0.3 is 12.0 Å². The molecule has 3 N–H and O–H groups in total. The van der Waals surface area contributed by atoms with Crippen LogP contribution >= 0.6 is 0 Å². The van der Waals surface area contributed by atoms with Gasteiger partial charge in [-0.1, -0.05) is 19.9 Å². The molecule has 1 aromatic carbocycles. The van der Waals surface area contributed by atoms with Gasteiger partial charge in [0.05, 0.1) is 13.2 Å². The number of urea groups is 1. The summed E-state index contributed by atoms with van der Waals surface area (Å²) in [7, 11) is 0. The van der Waals surface area contributed by atoms with Gasteiger partial charge in [-0.2, -0.15) is 0 Å². The van der Waals surface area contributed by atoms with Crippen molar-refractivity contribution in [2.24, 2.45) is 11.7 Å². The smallest absolute Gasteiger partial charge is 0.331 e. The predicted molar refractivity (Wildman–Crippen MR) is 93.5 cm³/mol. The molecule has 8 nitrogen and oxygen atoms in total. The minimum atomic E-state index is -1.12. The molecule has 0 fully saturated rings. The Kier molecular flexibility index (Phi) is 6.60. The van der Waals surface area contributed by atoms with Crippen LogP contribution in [0.4, 0.5) is 4.79 Å². The topological polar surface area (TPSA) is 117 Å². The molecule has 8 heteroatoms. The zero-order chi connectivity index (χ0) is 19.1. The van der Waals surface area contributed by atoms with Crippen LogP contribution < -0.4 is 20.5 Å². The molecule has 1 atom stereocenters. The highest BCUT2D eigenvalue weighted by Gasteiger charge is 2.26. The van der Waals surface area contributed by atoms with E-state index in [1.54, 1.807) is 38.1 Å². The van der Waals surface area contributed by atoms with Gasteiger partial charge in [0.2, 0.25) is 0 Å². The second-order valence-corrected chi connectivity index (χ2v) is 6.04. The lowest BCUT2D eigenvalue weighted by Crippen LogP contribution is -2.45. The number of esters is 1. The number of rotatable bonds is 5. The normalized spacial score (nSPS) is 14.6. The first-order chi connectivity index (χ1) is 12.4. The van der Waals surface area contributed by atoms with E-state index in [0.717, 1.165) is 6.42 Å². The molecule has 1 aromatic rings. The first-order valence-electron chi connectivity index (χ1n) is 8.25. The fraction of sp³-hybridized carbons (Fsp3) is 0.389. The van der Waals surface area contributed by atoms with E-state index in [1.165, 1.54) is 6.08 Å². The van der Waals surface area contributed by atoms with Gasteiger partial charge in [-0.25, -0.2) is 9.59 Å². The number of carbonyl (C=O) groups is 3. The molecule has 140 valence electrons. The summed E-state index contributed by atoms with van der Waals surface area (Å²) < 4.78 is 16.3. The van der Waals surface area contributed by atoms with E-state index in [2.05, 4.69) is 0 Å². The monoisotopic (exact) mass is 362 g/mol. The predicted octanol–water partition coefficient (Wildman–Crippen LogP) is 1.62. The molecule has 26 heavy (non-hydrogen) atoms. The quantitative estimate of drug-likeness (QED) is 0.607. The van der Waals surface area contributed by atoms with Crippen LogP contribution in [0.2, 0.25) is 0 Å². The lowest BCUT2D eigenvalue weighted by atomic mass is 10.1. The number of hydrogen-bond donors (Lipinski definition) is 2. The summed E-state index contributed by atoms with van der Waals surface area (Å²) in [5, 5.41) is 1.91. The number of amides is 3. The van der Waals surface area contributed by atoms with Gasteiger partial charge in [0.25, 0.3) is 5.91 Å². The van der Waals surface area contributed by atoms with Crippen LogP contribution in [0.1, 0.15) is 25.8 Å². The van der Waals surface area contributed by atoms with Crippen LogP contribution in [0.3, 0.4) is 0 Å². The molecule has 0 saturated heterocycles. The van der Waals surface area contributed by atoms with E-state index in [-0.39, 0.29) is 5.92 Å². The molecular formula is C18H22N2O6. The third-order valence-electron chi connectivity index (χ3n) is 3.54. The number of nitrogens with one attached hydrogen (secondary N) is 1. The van der Waals surface area contributed by atoms with Crippen molar-refractivity contribution in [2.45, 2.75) is 26.4 Å². The zero-order valence-electron chi connectivity index (χ0n) is 14.7. The SMILES string of the molecule is CC(C)[C@H](OC(=O)/C=C/c1ccc2c(c1)OCCCO2)C(=O)NC(N)=O. The van der Waals surface area contributed by atoms with Crippen molar-refractivity contribution in [3.63, 3.8) is 0 Å². The summed E-state index contributed by atoms with van der Waals surface area (Å²) in [6.45, 7) is 4.53. The molecule has 0 saturated carbocycles. The molecule has 3 amide bonds. The van der Waals surface area contributed by atoms with Gasteiger partial charge in [-0.3, -0.25) is 10.1 Å². The van der Waals surface area contributed by atoms with Crippen LogP contribution in [-0.4, -0.2) is 37.2 Å². The van der Waals surface area contributed by atoms with Gasteiger partial charge in [-0.15, -0.1) is 0 Å². The van der Waals surface area contributed by atoms with E-state index in [9.17, 15) is 14.4 Å². The van der Waals surface area contributed by atoms with E-state index in [4.69, 9.17) is 19.9 Å². The van der Waals surface area contributed by atoms with Crippen LogP contribution in [-0.2, 0) is 14.3 Å². The second-order valence-electron chi connectivity index (χ2n) is 6.04. The first-order valence-corrected chi connectivity index (χ1v) is 8.25. The number of ether oxygens (including phenoxy) is 3. The number of imide groups is 1. The Morgan fingerprint density at radius 2 is 1.88 bits per heavy atom. The van der Waals surface area contributed by atoms with Crippen molar-refractivity contribution in [3.8, 4) is 11.5 Å². The number of benzene rings is 1. The van der Waals surface area contributed by atoms with Gasteiger partial charge in [0.15, 0.2) is 17.6 Å². The summed E-state index contributed by atoms with van der Waals surface area (Å²) >= 11 is 0. The van der Waals surface area contributed by atoms with Crippen molar-refractivity contribution < 1.29 is 28.6 Å². The second kappa shape index (κ2) is 8.89. The highest BCUT2D eigenvalue weighted by atomic mass is 16.5. The number of carbonyl (C=O) groups excluding carboxylic acids is 3. The molecule has 1 aliphatic heterocycles. The summed E-state index contributed by atoms with van der Waals surface area (Å²) in [5.74, 6) is -0.533. The maximum absolute atomic E-state index is 12.0. The molecule has 2 rings (SSSR count). The molecule has 1 aliphatic rings. The third kappa shape index (κ3) is 5.51. The Hall–Kier alpha value is -3.03. The van der Waals surface area contributed by atoms with Gasteiger partial charge in [0.1, 0.15) is 0 Å². The molecule has 0 unspecified atom stereocenters. The molecule has 0 aromatic heterocycles. The maximum Gasteiger partial charge on any atom is 0.331 e. The van der Waals surface area contributed by atoms with E-state index in [0.29, 0.717) is 30.3 Å². The largest absolute Gasteiger partial charge is 0.490 e. The third-order valence-corrected chi connectivity index (χ3v) is 3.54. The average Bonchev–Trinajstić information content (AvgIpc) is 2.81.